The molecule has 0 saturated carbocycles. The molecule has 1 aromatic carbocycles. The van der Waals surface area contributed by atoms with E-state index in [1.165, 1.54) is 0 Å². The number of halogens is 3. The van der Waals surface area contributed by atoms with Crippen molar-refractivity contribution in [3.8, 4) is 0 Å². The largest absolute Gasteiger partial charge is 0.501 e. The number of hydrogen-bond acceptors (Lipinski definition) is 4. The van der Waals surface area contributed by atoms with Crippen LogP contribution in [0.15, 0.2) is 29.2 Å². The first-order valence-corrected chi connectivity index (χ1v) is 5.88. The topological polar surface area (TPSA) is 91.7 Å². The molecule has 5 nitrogen and oxygen atoms in total. The predicted octanol–water partition coefficient (Wildman–Crippen LogP) is 1.10. The van der Waals surface area contributed by atoms with Crippen LogP contribution in [0.2, 0.25) is 0 Å². The van der Waals surface area contributed by atoms with Gasteiger partial charge in [0.2, 0.25) is 0 Å². The minimum Gasteiger partial charge on any atom is -0.479 e. The molecule has 0 bridgehead atoms. The Hall–Kier alpha value is -1.61. The number of carboxylic acid groups (broad SMARTS) is 1. The number of aliphatic hydroxyl groups is 1. The molecule has 1 atom stereocenters. The van der Waals surface area contributed by atoms with Crippen LogP contribution in [0.3, 0.4) is 0 Å². The Morgan fingerprint density at radius 3 is 2.28 bits per heavy atom. The van der Waals surface area contributed by atoms with Gasteiger partial charge in [0.1, 0.15) is 0 Å². The second-order valence-electron chi connectivity index (χ2n) is 3.26. The Morgan fingerprint density at radius 1 is 1.28 bits per heavy atom. The van der Waals surface area contributed by atoms with Crippen LogP contribution in [0, 0.1) is 0 Å². The van der Waals surface area contributed by atoms with Crippen molar-refractivity contribution in [2.75, 3.05) is 0 Å². The zero-order valence-corrected chi connectivity index (χ0v) is 9.36. The highest BCUT2D eigenvalue weighted by molar-refractivity contribution is 7.92. The van der Waals surface area contributed by atoms with E-state index in [1.54, 1.807) is 0 Å². The lowest BCUT2D eigenvalue weighted by Crippen LogP contribution is -2.23. The van der Waals surface area contributed by atoms with Crippen molar-refractivity contribution in [1.29, 1.82) is 0 Å². The fourth-order valence-corrected chi connectivity index (χ4v) is 1.94. The van der Waals surface area contributed by atoms with Gasteiger partial charge >= 0.3 is 11.5 Å². The van der Waals surface area contributed by atoms with Gasteiger partial charge in [-0.25, -0.2) is 13.2 Å². The first kappa shape index (κ1) is 14.5. The Balaban J connectivity index is 3.31. The van der Waals surface area contributed by atoms with Crippen molar-refractivity contribution in [3.63, 3.8) is 0 Å². The second-order valence-corrected chi connectivity index (χ2v) is 5.20. The molecule has 0 spiro atoms. The molecule has 0 aliphatic heterocycles. The molecule has 1 aromatic rings. The fraction of sp³-hybridized carbons (Fsp3) is 0.222. The van der Waals surface area contributed by atoms with Gasteiger partial charge in [-0.2, -0.15) is 13.2 Å². The smallest absolute Gasteiger partial charge is 0.479 e. The molecule has 0 fully saturated rings. The van der Waals surface area contributed by atoms with E-state index in [-0.39, 0.29) is 0 Å². The highest BCUT2D eigenvalue weighted by atomic mass is 32.2. The van der Waals surface area contributed by atoms with Crippen LogP contribution in [-0.4, -0.2) is 30.1 Å². The molecule has 0 amide bonds. The maximum Gasteiger partial charge on any atom is 0.501 e. The number of rotatable bonds is 3. The summed E-state index contributed by atoms with van der Waals surface area (Å²) in [6.45, 7) is 0. The number of aliphatic hydroxyl groups excluding tert-OH is 1. The summed E-state index contributed by atoms with van der Waals surface area (Å²) in [4.78, 5) is 9.32. The van der Waals surface area contributed by atoms with E-state index in [9.17, 15) is 26.4 Å². The highest BCUT2D eigenvalue weighted by Crippen LogP contribution is 2.31. The van der Waals surface area contributed by atoms with E-state index in [4.69, 9.17) is 10.2 Å². The van der Waals surface area contributed by atoms with E-state index in [0.717, 1.165) is 12.1 Å². The Kier molecular flexibility index (Phi) is 3.67. The van der Waals surface area contributed by atoms with E-state index in [0.29, 0.717) is 12.1 Å². The van der Waals surface area contributed by atoms with Gasteiger partial charge in [0.05, 0.1) is 4.90 Å². The maximum absolute atomic E-state index is 12.2. The fourth-order valence-electron chi connectivity index (χ4n) is 1.13. The summed E-state index contributed by atoms with van der Waals surface area (Å²) in [6.07, 6.45) is -2.09. The van der Waals surface area contributed by atoms with Gasteiger partial charge < -0.3 is 10.2 Å². The van der Waals surface area contributed by atoms with E-state index in [2.05, 4.69) is 0 Å². The van der Waals surface area contributed by atoms with Gasteiger partial charge in [-0.05, 0) is 17.7 Å². The van der Waals surface area contributed by atoms with Gasteiger partial charge in [-0.15, -0.1) is 0 Å². The molecule has 100 valence electrons. The quantitative estimate of drug-likeness (QED) is 0.867. The Bertz CT molecular complexity index is 564. The van der Waals surface area contributed by atoms with Crippen LogP contribution in [0.5, 0.6) is 0 Å². The standard InChI is InChI=1S/C9H7F3O5S/c10-9(11,12)18(16,17)6-3-1-2-5(4-6)7(13)8(14)15/h1-4,7,13H,(H,14,15). The van der Waals surface area contributed by atoms with E-state index >= 15 is 0 Å². The molecule has 0 aliphatic carbocycles. The zero-order chi connectivity index (χ0) is 14.1. The van der Waals surface area contributed by atoms with Gasteiger partial charge in [-0.3, -0.25) is 0 Å². The normalized spacial score (nSPS) is 14.2. The van der Waals surface area contributed by atoms with Crippen LogP contribution in [0.25, 0.3) is 0 Å². The number of alkyl halides is 3. The third-order valence-electron chi connectivity index (χ3n) is 2.02. The van der Waals surface area contributed by atoms with Gasteiger partial charge in [-0.1, -0.05) is 12.1 Å². The molecule has 18 heavy (non-hydrogen) atoms. The summed E-state index contributed by atoms with van der Waals surface area (Å²) in [6, 6.07) is 3.07. The molecule has 0 heterocycles. The molecule has 1 unspecified atom stereocenters. The van der Waals surface area contributed by atoms with Gasteiger partial charge in [0.25, 0.3) is 9.84 Å². The lowest BCUT2D eigenvalue weighted by atomic mass is 10.1. The van der Waals surface area contributed by atoms with Crippen LogP contribution < -0.4 is 0 Å². The zero-order valence-electron chi connectivity index (χ0n) is 8.55. The number of benzene rings is 1. The lowest BCUT2D eigenvalue weighted by Gasteiger charge is -2.10. The van der Waals surface area contributed by atoms with Crippen molar-refractivity contribution in [2.45, 2.75) is 16.5 Å². The third kappa shape index (κ3) is 2.62. The van der Waals surface area contributed by atoms with Crippen molar-refractivity contribution in [3.05, 3.63) is 29.8 Å². The SMILES string of the molecule is O=C(O)C(O)c1cccc(S(=O)(=O)C(F)(F)F)c1. The van der Waals surface area contributed by atoms with Crippen molar-refractivity contribution in [2.24, 2.45) is 0 Å². The minimum absolute atomic E-state index is 0.451. The molecule has 9 heteroatoms. The maximum atomic E-state index is 12.2. The average molecular weight is 284 g/mol. The van der Waals surface area contributed by atoms with Crippen molar-refractivity contribution >= 4 is 15.8 Å². The molecular weight excluding hydrogens is 277 g/mol. The van der Waals surface area contributed by atoms with Gasteiger partial charge in [0, 0.05) is 0 Å². The monoisotopic (exact) mass is 284 g/mol. The molecular formula is C9H7F3O5S. The van der Waals surface area contributed by atoms with Gasteiger partial charge in [0.15, 0.2) is 6.10 Å². The summed E-state index contributed by atoms with van der Waals surface area (Å²) >= 11 is 0. The van der Waals surface area contributed by atoms with Crippen LogP contribution in [-0.2, 0) is 14.6 Å². The minimum atomic E-state index is -5.56. The summed E-state index contributed by atoms with van der Waals surface area (Å²) in [5, 5.41) is 17.6. The van der Waals surface area contributed by atoms with Crippen molar-refractivity contribution < 1.29 is 36.6 Å². The summed E-state index contributed by atoms with van der Waals surface area (Å²) < 4.78 is 58.8. The Labute approximate surface area is 99.4 Å². The summed E-state index contributed by atoms with van der Waals surface area (Å²) in [5.74, 6) is -1.70. The average Bonchev–Trinajstić information content (AvgIpc) is 2.26. The molecule has 2 N–H and O–H groups in total. The van der Waals surface area contributed by atoms with E-state index < -0.39 is 37.9 Å². The first-order chi connectivity index (χ1) is 8.07. The molecule has 0 radical (unpaired) electrons. The number of aliphatic carboxylic acids is 1. The molecule has 1 rings (SSSR count). The predicted molar refractivity (Wildman–Crippen MR) is 52.3 cm³/mol. The number of carbonyl (C=O) groups is 1. The second kappa shape index (κ2) is 4.58. The third-order valence-corrected chi connectivity index (χ3v) is 3.51. The molecule has 0 aliphatic rings. The highest BCUT2D eigenvalue weighted by Gasteiger charge is 2.47. The van der Waals surface area contributed by atoms with Crippen LogP contribution in [0.1, 0.15) is 11.7 Å². The van der Waals surface area contributed by atoms with Crippen LogP contribution in [0.4, 0.5) is 13.2 Å². The summed E-state index contributed by atoms with van der Waals surface area (Å²) in [7, 11) is -5.56. The number of hydrogen-bond donors (Lipinski definition) is 2. The van der Waals surface area contributed by atoms with Crippen LogP contribution >= 0.6 is 0 Å². The lowest BCUT2D eigenvalue weighted by molar-refractivity contribution is -0.146. The number of carboxylic acids is 1. The molecule has 0 aromatic heterocycles. The molecule has 0 saturated heterocycles. The van der Waals surface area contributed by atoms with E-state index in [1.807, 2.05) is 0 Å². The van der Waals surface area contributed by atoms with Crippen molar-refractivity contribution in [1.82, 2.24) is 0 Å². The summed E-state index contributed by atoms with van der Waals surface area (Å²) in [5.41, 5.74) is -5.94. The first-order valence-electron chi connectivity index (χ1n) is 4.39. The number of sulfone groups is 1. The Morgan fingerprint density at radius 2 is 1.83 bits per heavy atom.